The second-order valence-electron chi connectivity index (χ2n) is 4.74. The summed E-state index contributed by atoms with van der Waals surface area (Å²) in [6, 6.07) is 0. The summed E-state index contributed by atoms with van der Waals surface area (Å²) in [6.07, 6.45) is 6.67. The zero-order valence-corrected chi connectivity index (χ0v) is 9.08. The van der Waals surface area contributed by atoms with Gasteiger partial charge in [-0.05, 0) is 18.8 Å². The monoisotopic (exact) mass is 206 g/mol. The molecule has 0 radical (unpaired) electrons. The minimum atomic E-state index is 0.852. The van der Waals surface area contributed by atoms with Crippen LogP contribution in [0, 0.1) is 5.92 Å². The summed E-state index contributed by atoms with van der Waals surface area (Å²) >= 11 is 0. The van der Waals surface area contributed by atoms with Gasteiger partial charge in [-0.15, -0.1) is 5.10 Å². The van der Waals surface area contributed by atoms with E-state index in [0.717, 1.165) is 32.0 Å². The Kier molecular flexibility index (Phi) is 2.44. The Bertz CT molecular complexity index is 338. The number of rotatable bonds is 2. The maximum atomic E-state index is 4.29. The SMILES string of the molecule is C1CCC(Cn2nnc3c2CCNC3)C1. The molecule has 2 heterocycles. The van der Waals surface area contributed by atoms with Crippen LogP contribution >= 0.6 is 0 Å². The number of hydrogen-bond donors (Lipinski definition) is 1. The molecule has 0 spiro atoms. The van der Waals surface area contributed by atoms with Crippen LogP contribution in [0.25, 0.3) is 0 Å². The highest BCUT2D eigenvalue weighted by molar-refractivity contribution is 5.13. The number of nitrogens with zero attached hydrogens (tertiary/aromatic N) is 3. The molecule has 4 heteroatoms. The summed E-state index contributed by atoms with van der Waals surface area (Å²) in [4.78, 5) is 0. The molecule has 1 N–H and O–H groups in total. The average molecular weight is 206 g/mol. The van der Waals surface area contributed by atoms with E-state index in [1.54, 1.807) is 0 Å². The first-order chi connectivity index (χ1) is 7.43. The summed E-state index contributed by atoms with van der Waals surface area (Å²) in [6.45, 7) is 3.08. The van der Waals surface area contributed by atoms with Gasteiger partial charge in [-0.2, -0.15) is 0 Å². The van der Waals surface area contributed by atoms with Crippen LogP contribution in [0.5, 0.6) is 0 Å². The molecule has 1 fully saturated rings. The third-order valence-electron chi connectivity index (χ3n) is 3.65. The van der Waals surface area contributed by atoms with E-state index in [9.17, 15) is 0 Å². The molecule has 1 saturated carbocycles. The van der Waals surface area contributed by atoms with Crippen LogP contribution in [-0.4, -0.2) is 21.5 Å². The van der Waals surface area contributed by atoms with Crippen molar-refractivity contribution in [2.45, 2.75) is 45.2 Å². The molecule has 2 aliphatic rings. The maximum absolute atomic E-state index is 4.29. The van der Waals surface area contributed by atoms with Crippen molar-refractivity contribution in [2.75, 3.05) is 6.54 Å². The van der Waals surface area contributed by atoms with E-state index in [4.69, 9.17) is 0 Å². The first-order valence-corrected chi connectivity index (χ1v) is 6.05. The van der Waals surface area contributed by atoms with E-state index in [0.29, 0.717) is 0 Å². The van der Waals surface area contributed by atoms with E-state index < -0.39 is 0 Å². The van der Waals surface area contributed by atoms with Gasteiger partial charge in [-0.25, -0.2) is 4.68 Å². The van der Waals surface area contributed by atoms with Gasteiger partial charge >= 0.3 is 0 Å². The topological polar surface area (TPSA) is 42.7 Å². The van der Waals surface area contributed by atoms with Crippen molar-refractivity contribution in [3.05, 3.63) is 11.4 Å². The Labute approximate surface area is 90.0 Å². The summed E-state index contributed by atoms with van der Waals surface area (Å²) < 4.78 is 2.16. The van der Waals surface area contributed by atoms with Gasteiger partial charge in [0.05, 0.1) is 11.4 Å². The normalized spacial score (nSPS) is 21.9. The molecule has 0 aromatic carbocycles. The van der Waals surface area contributed by atoms with Crippen molar-refractivity contribution in [1.29, 1.82) is 0 Å². The second-order valence-corrected chi connectivity index (χ2v) is 4.74. The molecule has 1 aromatic rings. The quantitative estimate of drug-likeness (QED) is 0.788. The van der Waals surface area contributed by atoms with Gasteiger partial charge in [0.1, 0.15) is 0 Å². The number of fused-ring (bicyclic) bond motifs is 1. The Morgan fingerprint density at radius 1 is 1.33 bits per heavy atom. The molecule has 0 unspecified atom stereocenters. The largest absolute Gasteiger partial charge is 0.311 e. The van der Waals surface area contributed by atoms with Gasteiger partial charge in [0.25, 0.3) is 0 Å². The van der Waals surface area contributed by atoms with E-state index >= 15 is 0 Å². The summed E-state index contributed by atoms with van der Waals surface area (Å²) in [5.74, 6) is 0.852. The molecule has 0 amide bonds. The molecule has 0 atom stereocenters. The Balaban J connectivity index is 1.76. The van der Waals surface area contributed by atoms with Crippen LogP contribution in [0.1, 0.15) is 37.1 Å². The van der Waals surface area contributed by atoms with Crippen molar-refractivity contribution in [1.82, 2.24) is 20.3 Å². The fraction of sp³-hybridized carbons (Fsp3) is 0.818. The van der Waals surface area contributed by atoms with Crippen LogP contribution in [0.4, 0.5) is 0 Å². The molecule has 1 aromatic heterocycles. The highest BCUT2D eigenvalue weighted by atomic mass is 15.4. The van der Waals surface area contributed by atoms with Gasteiger partial charge in [-0.3, -0.25) is 0 Å². The lowest BCUT2D eigenvalue weighted by atomic mass is 10.1. The van der Waals surface area contributed by atoms with Crippen molar-refractivity contribution in [2.24, 2.45) is 5.92 Å². The maximum Gasteiger partial charge on any atom is 0.0997 e. The van der Waals surface area contributed by atoms with E-state index in [-0.39, 0.29) is 0 Å². The zero-order valence-electron chi connectivity index (χ0n) is 9.08. The number of nitrogens with one attached hydrogen (secondary N) is 1. The first-order valence-electron chi connectivity index (χ1n) is 6.05. The summed E-state index contributed by atoms with van der Waals surface area (Å²) in [7, 11) is 0. The van der Waals surface area contributed by atoms with Crippen LogP contribution in [-0.2, 0) is 19.5 Å². The van der Waals surface area contributed by atoms with Crippen molar-refractivity contribution in [3.63, 3.8) is 0 Å². The number of hydrogen-bond acceptors (Lipinski definition) is 3. The van der Waals surface area contributed by atoms with Gasteiger partial charge in [0.2, 0.25) is 0 Å². The van der Waals surface area contributed by atoms with E-state index in [1.807, 2.05) is 0 Å². The lowest BCUT2D eigenvalue weighted by molar-refractivity contribution is 0.409. The molecule has 3 rings (SSSR count). The minimum Gasteiger partial charge on any atom is -0.311 e. The lowest BCUT2D eigenvalue weighted by Gasteiger charge is -2.15. The molecule has 0 bridgehead atoms. The highest BCUT2D eigenvalue weighted by Crippen LogP contribution is 2.26. The predicted octanol–water partition coefficient (Wildman–Crippen LogP) is 1.11. The third kappa shape index (κ3) is 1.78. The predicted molar refractivity (Wildman–Crippen MR) is 57.4 cm³/mol. The smallest absolute Gasteiger partial charge is 0.0997 e. The second kappa shape index (κ2) is 3.93. The zero-order chi connectivity index (χ0) is 10.1. The third-order valence-corrected chi connectivity index (χ3v) is 3.65. The van der Waals surface area contributed by atoms with Gasteiger partial charge < -0.3 is 5.32 Å². The number of aromatic nitrogens is 3. The fourth-order valence-corrected chi connectivity index (χ4v) is 2.78. The molecule has 4 nitrogen and oxygen atoms in total. The van der Waals surface area contributed by atoms with Crippen LogP contribution in [0.15, 0.2) is 0 Å². The average Bonchev–Trinajstić information content (AvgIpc) is 2.89. The molecule has 1 aliphatic carbocycles. The van der Waals surface area contributed by atoms with Crippen molar-refractivity contribution < 1.29 is 0 Å². The Morgan fingerprint density at radius 2 is 2.20 bits per heavy atom. The minimum absolute atomic E-state index is 0.852. The van der Waals surface area contributed by atoms with Crippen molar-refractivity contribution in [3.8, 4) is 0 Å². The fourth-order valence-electron chi connectivity index (χ4n) is 2.78. The highest BCUT2D eigenvalue weighted by Gasteiger charge is 2.20. The summed E-state index contributed by atoms with van der Waals surface area (Å²) in [5.41, 5.74) is 2.54. The van der Waals surface area contributed by atoms with Crippen LogP contribution in [0.3, 0.4) is 0 Å². The van der Waals surface area contributed by atoms with E-state index in [2.05, 4.69) is 20.3 Å². The summed E-state index contributed by atoms with van der Waals surface area (Å²) in [5, 5.41) is 11.9. The van der Waals surface area contributed by atoms with Gasteiger partial charge in [0, 0.05) is 26.1 Å². The lowest BCUT2D eigenvalue weighted by Crippen LogP contribution is -2.25. The van der Waals surface area contributed by atoms with Gasteiger partial charge in [-0.1, -0.05) is 18.1 Å². The molecule has 1 aliphatic heterocycles. The molecular formula is C11H18N4. The molecule has 82 valence electrons. The van der Waals surface area contributed by atoms with Crippen LogP contribution < -0.4 is 5.32 Å². The first kappa shape index (κ1) is 9.33. The standard InChI is InChI=1S/C11H18N4/c1-2-4-9(3-1)8-15-11-5-6-12-7-10(11)13-14-15/h9,12H,1-8H2. The van der Waals surface area contributed by atoms with Gasteiger partial charge in [0.15, 0.2) is 0 Å². The Hall–Kier alpha value is -0.900. The molecule has 0 saturated heterocycles. The Morgan fingerprint density at radius 3 is 3.07 bits per heavy atom. The molecule has 15 heavy (non-hydrogen) atoms. The van der Waals surface area contributed by atoms with E-state index in [1.165, 1.54) is 37.1 Å². The van der Waals surface area contributed by atoms with Crippen LogP contribution in [0.2, 0.25) is 0 Å². The van der Waals surface area contributed by atoms with Crippen molar-refractivity contribution >= 4 is 0 Å². The molecular weight excluding hydrogens is 188 g/mol.